The maximum Gasteiger partial charge on any atom is 0.185 e. The Morgan fingerprint density at radius 3 is 2.75 bits per heavy atom. The molecule has 2 rings (SSSR count). The number of carbonyl (C=O) groups excluding carboxylic acids is 1. The smallest absolute Gasteiger partial charge is 0.185 e. The second-order valence-corrected chi connectivity index (χ2v) is 5.60. The Hall–Kier alpha value is -0.900. The number of aryl methyl sites for hydroxylation is 1. The van der Waals surface area contributed by atoms with Gasteiger partial charge in [-0.2, -0.15) is 0 Å². The SMILES string of the molecule is Cc1nc(N(C)CC2CCCC2)sc1C=O. The van der Waals surface area contributed by atoms with Crippen molar-refractivity contribution in [2.24, 2.45) is 5.92 Å². The Morgan fingerprint density at radius 2 is 2.19 bits per heavy atom. The Bertz CT molecular complexity index is 369. The van der Waals surface area contributed by atoms with E-state index in [4.69, 9.17) is 0 Å². The van der Waals surface area contributed by atoms with Crippen LogP contribution in [-0.4, -0.2) is 24.9 Å². The van der Waals surface area contributed by atoms with Crippen LogP contribution in [-0.2, 0) is 0 Å². The van der Waals surface area contributed by atoms with E-state index in [1.165, 1.54) is 37.0 Å². The summed E-state index contributed by atoms with van der Waals surface area (Å²) in [4.78, 5) is 18.1. The van der Waals surface area contributed by atoms with Crippen molar-refractivity contribution in [3.63, 3.8) is 0 Å². The molecule has 0 saturated heterocycles. The minimum Gasteiger partial charge on any atom is -0.351 e. The maximum atomic E-state index is 10.8. The standard InChI is InChI=1S/C12H18N2OS/c1-9-11(8-15)16-12(13-9)14(2)7-10-5-3-4-6-10/h8,10H,3-7H2,1-2H3. The second kappa shape index (κ2) is 4.95. The Kier molecular flexibility index (Phi) is 3.59. The van der Waals surface area contributed by atoms with Crippen LogP contribution in [0, 0.1) is 12.8 Å². The van der Waals surface area contributed by atoms with Crippen LogP contribution < -0.4 is 4.90 Å². The molecule has 0 spiro atoms. The normalized spacial score (nSPS) is 16.6. The lowest BCUT2D eigenvalue weighted by Gasteiger charge is -2.19. The molecule has 4 heteroatoms. The molecule has 0 unspecified atom stereocenters. The zero-order valence-electron chi connectivity index (χ0n) is 9.90. The van der Waals surface area contributed by atoms with Crippen molar-refractivity contribution in [3.8, 4) is 0 Å². The molecule has 1 saturated carbocycles. The number of carbonyl (C=O) groups is 1. The number of hydrogen-bond acceptors (Lipinski definition) is 4. The molecular formula is C12H18N2OS. The molecule has 0 aliphatic heterocycles. The quantitative estimate of drug-likeness (QED) is 0.756. The van der Waals surface area contributed by atoms with E-state index < -0.39 is 0 Å². The molecule has 88 valence electrons. The van der Waals surface area contributed by atoms with Crippen LogP contribution in [0.25, 0.3) is 0 Å². The lowest BCUT2D eigenvalue weighted by Crippen LogP contribution is -2.23. The van der Waals surface area contributed by atoms with Crippen LogP contribution in [0.15, 0.2) is 0 Å². The van der Waals surface area contributed by atoms with E-state index in [2.05, 4.69) is 16.9 Å². The van der Waals surface area contributed by atoms with Gasteiger partial charge in [0.15, 0.2) is 11.4 Å². The van der Waals surface area contributed by atoms with Crippen molar-refractivity contribution in [1.82, 2.24) is 4.98 Å². The zero-order chi connectivity index (χ0) is 11.5. The highest BCUT2D eigenvalue weighted by molar-refractivity contribution is 7.17. The van der Waals surface area contributed by atoms with E-state index >= 15 is 0 Å². The van der Waals surface area contributed by atoms with Crippen LogP contribution in [0.1, 0.15) is 41.0 Å². The summed E-state index contributed by atoms with van der Waals surface area (Å²) in [7, 11) is 2.07. The van der Waals surface area contributed by atoms with Crippen molar-refractivity contribution >= 4 is 22.8 Å². The highest BCUT2D eigenvalue weighted by Gasteiger charge is 2.19. The summed E-state index contributed by atoms with van der Waals surface area (Å²) in [5, 5.41) is 0.978. The fourth-order valence-electron chi connectivity index (χ4n) is 2.32. The van der Waals surface area contributed by atoms with Crippen molar-refractivity contribution in [2.45, 2.75) is 32.6 Å². The van der Waals surface area contributed by atoms with Gasteiger partial charge in [-0.25, -0.2) is 4.98 Å². The lowest BCUT2D eigenvalue weighted by atomic mass is 10.1. The van der Waals surface area contributed by atoms with Crippen LogP contribution in [0.3, 0.4) is 0 Å². The van der Waals surface area contributed by atoms with Gasteiger partial charge in [-0.1, -0.05) is 24.2 Å². The van der Waals surface area contributed by atoms with Crippen LogP contribution >= 0.6 is 11.3 Å². The largest absolute Gasteiger partial charge is 0.351 e. The highest BCUT2D eigenvalue weighted by Crippen LogP contribution is 2.29. The van der Waals surface area contributed by atoms with E-state index in [0.29, 0.717) is 0 Å². The van der Waals surface area contributed by atoms with Crippen molar-refractivity contribution in [2.75, 3.05) is 18.5 Å². The Morgan fingerprint density at radius 1 is 1.50 bits per heavy atom. The summed E-state index contributed by atoms with van der Waals surface area (Å²) in [5.74, 6) is 0.814. The number of aromatic nitrogens is 1. The first kappa shape index (κ1) is 11.6. The van der Waals surface area contributed by atoms with E-state index in [-0.39, 0.29) is 0 Å². The average Bonchev–Trinajstić information content (AvgIpc) is 2.87. The van der Waals surface area contributed by atoms with Gasteiger partial charge in [0.1, 0.15) is 0 Å². The molecule has 1 fully saturated rings. The maximum absolute atomic E-state index is 10.8. The monoisotopic (exact) mass is 238 g/mol. The van der Waals surface area contributed by atoms with E-state index in [0.717, 1.165) is 34.5 Å². The molecule has 1 aliphatic rings. The van der Waals surface area contributed by atoms with E-state index in [1.807, 2.05) is 6.92 Å². The van der Waals surface area contributed by atoms with Crippen LogP contribution in [0.5, 0.6) is 0 Å². The number of anilines is 1. The zero-order valence-corrected chi connectivity index (χ0v) is 10.7. The van der Waals surface area contributed by atoms with Crippen LogP contribution in [0.4, 0.5) is 5.13 Å². The summed E-state index contributed by atoms with van der Waals surface area (Å²) in [6, 6.07) is 0. The highest BCUT2D eigenvalue weighted by atomic mass is 32.1. The molecule has 1 aromatic rings. The molecular weight excluding hydrogens is 220 g/mol. The first-order valence-corrected chi connectivity index (χ1v) is 6.66. The molecule has 1 heterocycles. The van der Waals surface area contributed by atoms with E-state index in [1.54, 1.807) is 0 Å². The van der Waals surface area contributed by atoms with Crippen molar-refractivity contribution < 1.29 is 4.79 Å². The number of aldehydes is 1. The topological polar surface area (TPSA) is 33.2 Å². The summed E-state index contributed by atoms with van der Waals surface area (Å²) in [6.45, 7) is 2.97. The predicted molar refractivity (Wildman–Crippen MR) is 67.5 cm³/mol. The molecule has 0 radical (unpaired) electrons. The number of rotatable bonds is 4. The Balaban J connectivity index is 2.01. The third-order valence-electron chi connectivity index (χ3n) is 3.26. The Labute approximate surface area is 100 Å². The van der Waals surface area contributed by atoms with Gasteiger partial charge in [-0.15, -0.1) is 0 Å². The number of hydrogen-bond donors (Lipinski definition) is 0. The first-order valence-electron chi connectivity index (χ1n) is 5.84. The lowest BCUT2D eigenvalue weighted by molar-refractivity contribution is 0.112. The average molecular weight is 238 g/mol. The van der Waals surface area contributed by atoms with Gasteiger partial charge in [0.05, 0.1) is 10.6 Å². The summed E-state index contributed by atoms with van der Waals surface area (Å²) >= 11 is 1.50. The van der Waals surface area contributed by atoms with Gasteiger partial charge in [0.2, 0.25) is 0 Å². The van der Waals surface area contributed by atoms with Gasteiger partial charge in [-0.3, -0.25) is 4.79 Å². The molecule has 1 aromatic heterocycles. The van der Waals surface area contributed by atoms with Crippen LogP contribution in [0.2, 0.25) is 0 Å². The molecule has 0 N–H and O–H groups in total. The molecule has 0 amide bonds. The van der Waals surface area contributed by atoms with Gasteiger partial charge in [-0.05, 0) is 25.7 Å². The van der Waals surface area contributed by atoms with E-state index in [9.17, 15) is 4.79 Å². The number of nitrogens with zero attached hydrogens (tertiary/aromatic N) is 2. The molecule has 0 aromatic carbocycles. The molecule has 0 atom stereocenters. The fourth-order valence-corrected chi connectivity index (χ4v) is 3.18. The number of thiazole rings is 1. The summed E-state index contributed by atoms with van der Waals surface area (Å²) in [5.41, 5.74) is 0.855. The van der Waals surface area contributed by atoms with Gasteiger partial charge in [0, 0.05) is 13.6 Å². The van der Waals surface area contributed by atoms with Crippen molar-refractivity contribution in [3.05, 3.63) is 10.6 Å². The minimum absolute atomic E-state index is 0.758. The molecule has 16 heavy (non-hydrogen) atoms. The van der Waals surface area contributed by atoms with Crippen molar-refractivity contribution in [1.29, 1.82) is 0 Å². The molecule has 0 bridgehead atoms. The second-order valence-electron chi connectivity index (χ2n) is 4.59. The third-order valence-corrected chi connectivity index (χ3v) is 4.46. The fraction of sp³-hybridized carbons (Fsp3) is 0.667. The minimum atomic E-state index is 0.758. The summed E-state index contributed by atoms with van der Waals surface area (Å²) in [6.07, 6.45) is 6.33. The van der Waals surface area contributed by atoms with Gasteiger partial charge < -0.3 is 4.90 Å². The van der Waals surface area contributed by atoms with Gasteiger partial charge >= 0.3 is 0 Å². The van der Waals surface area contributed by atoms with Gasteiger partial charge in [0.25, 0.3) is 0 Å². The first-order chi connectivity index (χ1) is 7.70. The summed E-state index contributed by atoms with van der Waals surface area (Å²) < 4.78 is 0. The molecule has 1 aliphatic carbocycles. The molecule has 3 nitrogen and oxygen atoms in total. The predicted octanol–water partition coefficient (Wildman–Crippen LogP) is 2.89. The third kappa shape index (κ3) is 2.43.